The van der Waals surface area contributed by atoms with E-state index in [1.165, 1.54) is 16.9 Å². The molecule has 4 aromatic rings. The van der Waals surface area contributed by atoms with Gasteiger partial charge in [-0.05, 0) is 65.4 Å². The number of ether oxygens (including phenoxy) is 2. The molecule has 0 fully saturated rings. The number of hydrogen-bond acceptors (Lipinski definition) is 6. The zero-order valence-corrected chi connectivity index (χ0v) is 22.7. The number of hydrogen-bond donors (Lipinski definition) is 0. The molecule has 3 aromatic carbocycles. The molecule has 6 nitrogen and oxygen atoms in total. The molecule has 0 spiro atoms. The lowest BCUT2D eigenvalue weighted by atomic mass is 9.83. The van der Waals surface area contributed by atoms with E-state index < -0.39 is 0 Å². The molecule has 1 aromatic heterocycles. The van der Waals surface area contributed by atoms with Crippen molar-refractivity contribution in [3.8, 4) is 11.5 Å². The van der Waals surface area contributed by atoms with Crippen LogP contribution in [0.5, 0.6) is 11.5 Å². The first-order valence-corrected chi connectivity index (χ1v) is 13.4. The molecule has 2 heterocycles. The summed E-state index contributed by atoms with van der Waals surface area (Å²) in [4.78, 5) is 21.8. The number of benzene rings is 3. The first-order chi connectivity index (χ1) is 18.5. The van der Waals surface area contributed by atoms with Crippen LogP contribution in [0.2, 0.25) is 0 Å². The van der Waals surface area contributed by atoms with E-state index in [9.17, 15) is 4.79 Å². The smallest absolute Gasteiger partial charge is 0.271 e. The molecule has 38 heavy (non-hydrogen) atoms. The molecule has 0 bridgehead atoms. The van der Waals surface area contributed by atoms with Gasteiger partial charge in [0.15, 0.2) is 16.3 Å². The van der Waals surface area contributed by atoms with Gasteiger partial charge in [0.25, 0.3) is 5.56 Å². The van der Waals surface area contributed by atoms with Crippen molar-refractivity contribution in [3.05, 3.63) is 114 Å². The summed E-state index contributed by atoms with van der Waals surface area (Å²) in [6.45, 7) is 0. The molecule has 1 aliphatic heterocycles. The second-order valence-corrected chi connectivity index (χ2v) is 10.7. The number of aromatic nitrogens is 1. The Labute approximate surface area is 225 Å². The highest BCUT2D eigenvalue weighted by molar-refractivity contribution is 7.07. The highest BCUT2D eigenvalue weighted by atomic mass is 32.1. The van der Waals surface area contributed by atoms with Gasteiger partial charge >= 0.3 is 0 Å². The van der Waals surface area contributed by atoms with Crippen molar-refractivity contribution >= 4 is 28.8 Å². The summed E-state index contributed by atoms with van der Waals surface area (Å²) >= 11 is 1.44. The van der Waals surface area contributed by atoms with Gasteiger partial charge in [0.05, 0.1) is 30.5 Å². The zero-order chi connectivity index (χ0) is 26.4. The molecule has 7 heteroatoms. The van der Waals surface area contributed by atoms with Gasteiger partial charge in [-0.15, -0.1) is 0 Å². The van der Waals surface area contributed by atoms with E-state index in [4.69, 9.17) is 14.5 Å². The van der Waals surface area contributed by atoms with Crippen LogP contribution in [0.15, 0.2) is 82.1 Å². The molecule has 192 valence electrons. The lowest BCUT2D eigenvalue weighted by Crippen LogP contribution is -2.38. The molecule has 0 saturated heterocycles. The second kappa shape index (κ2) is 9.65. The summed E-state index contributed by atoms with van der Waals surface area (Å²) in [5.41, 5.74) is 7.63. The lowest BCUT2D eigenvalue weighted by Gasteiger charge is -2.31. The number of nitrogens with zero attached hydrogens (tertiary/aromatic N) is 3. The number of aryl methyl sites for hydroxylation is 1. The SMILES string of the molecule is COc1ccc([C@@H]2C3=C(N=c4s/c(=C/c5ccc(N(C)C)cc5)c(=O)n42)c2ccccc2CC3)cc1OC. The van der Waals surface area contributed by atoms with Crippen LogP contribution < -0.4 is 29.3 Å². The maximum atomic E-state index is 14.0. The Bertz CT molecular complexity index is 1750. The summed E-state index contributed by atoms with van der Waals surface area (Å²) in [6, 6.07) is 22.3. The predicted octanol–water partition coefficient (Wildman–Crippen LogP) is 4.40. The van der Waals surface area contributed by atoms with Crippen LogP contribution in [-0.4, -0.2) is 32.9 Å². The van der Waals surface area contributed by atoms with Crippen LogP contribution >= 0.6 is 11.3 Å². The van der Waals surface area contributed by atoms with Crippen LogP contribution in [-0.2, 0) is 6.42 Å². The fourth-order valence-electron chi connectivity index (χ4n) is 5.37. The monoisotopic (exact) mass is 523 g/mol. The summed E-state index contributed by atoms with van der Waals surface area (Å²) in [5.74, 6) is 1.30. The van der Waals surface area contributed by atoms with Crippen molar-refractivity contribution in [2.75, 3.05) is 33.2 Å². The Kier molecular flexibility index (Phi) is 6.16. The summed E-state index contributed by atoms with van der Waals surface area (Å²) in [5, 5.41) is 0. The number of anilines is 1. The van der Waals surface area contributed by atoms with Gasteiger partial charge in [-0.1, -0.05) is 53.8 Å². The van der Waals surface area contributed by atoms with E-state index in [0.717, 1.165) is 46.5 Å². The van der Waals surface area contributed by atoms with Crippen molar-refractivity contribution in [1.82, 2.24) is 4.57 Å². The fourth-order valence-corrected chi connectivity index (χ4v) is 6.37. The highest BCUT2D eigenvalue weighted by Gasteiger charge is 2.33. The molecule has 0 unspecified atom stereocenters. The minimum absolute atomic E-state index is 0.0318. The topological polar surface area (TPSA) is 56.1 Å². The van der Waals surface area contributed by atoms with E-state index in [0.29, 0.717) is 20.8 Å². The minimum atomic E-state index is -0.271. The molecule has 1 aliphatic carbocycles. The number of rotatable bonds is 5. The first-order valence-electron chi connectivity index (χ1n) is 12.6. The number of fused-ring (bicyclic) bond motifs is 3. The quantitative estimate of drug-likeness (QED) is 0.389. The third kappa shape index (κ3) is 4.03. The van der Waals surface area contributed by atoms with Crippen LogP contribution in [0.1, 0.15) is 34.7 Å². The van der Waals surface area contributed by atoms with E-state index in [2.05, 4.69) is 41.3 Å². The van der Waals surface area contributed by atoms with E-state index in [1.54, 1.807) is 14.2 Å². The third-order valence-corrected chi connectivity index (χ3v) is 8.29. The summed E-state index contributed by atoms with van der Waals surface area (Å²) in [7, 11) is 7.29. The third-order valence-electron chi connectivity index (χ3n) is 7.30. The zero-order valence-electron chi connectivity index (χ0n) is 21.9. The lowest BCUT2D eigenvalue weighted by molar-refractivity contribution is 0.354. The molecule has 2 aliphatic rings. The molecule has 0 saturated carbocycles. The van der Waals surface area contributed by atoms with Gasteiger partial charge in [-0.3, -0.25) is 9.36 Å². The molecule has 1 atom stereocenters. The number of thiazole rings is 1. The number of methoxy groups -OCH3 is 2. The molecular formula is C31H29N3O3S. The van der Waals surface area contributed by atoms with Crippen molar-refractivity contribution in [2.24, 2.45) is 4.99 Å². The normalized spacial score (nSPS) is 16.3. The molecule has 0 N–H and O–H groups in total. The van der Waals surface area contributed by atoms with Gasteiger partial charge in [0.1, 0.15) is 0 Å². The Balaban J connectivity index is 1.58. The van der Waals surface area contributed by atoms with Gasteiger partial charge in [0, 0.05) is 25.3 Å². The predicted molar refractivity (Wildman–Crippen MR) is 153 cm³/mol. The van der Waals surface area contributed by atoms with Crippen molar-refractivity contribution < 1.29 is 9.47 Å². The summed E-state index contributed by atoms with van der Waals surface area (Å²) in [6.07, 6.45) is 3.72. The molecule has 6 rings (SSSR count). The van der Waals surface area contributed by atoms with Crippen molar-refractivity contribution in [2.45, 2.75) is 18.9 Å². The van der Waals surface area contributed by atoms with Gasteiger partial charge < -0.3 is 14.4 Å². The van der Waals surface area contributed by atoms with Crippen molar-refractivity contribution in [1.29, 1.82) is 0 Å². The summed E-state index contributed by atoms with van der Waals surface area (Å²) < 4.78 is 13.6. The average Bonchev–Trinajstić information content (AvgIpc) is 3.25. The van der Waals surface area contributed by atoms with Gasteiger partial charge in [-0.2, -0.15) is 0 Å². The number of allylic oxidation sites excluding steroid dienone is 1. The Hall–Kier alpha value is -4.10. The van der Waals surface area contributed by atoms with Crippen molar-refractivity contribution in [3.63, 3.8) is 0 Å². The van der Waals surface area contributed by atoms with Crippen LogP contribution in [0.25, 0.3) is 11.8 Å². The first kappa shape index (κ1) is 24.2. The van der Waals surface area contributed by atoms with E-state index in [1.807, 2.05) is 55.1 Å². The largest absolute Gasteiger partial charge is 0.493 e. The van der Waals surface area contributed by atoms with Crippen LogP contribution in [0, 0.1) is 0 Å². The second-order valence-electron chi connectivity index (χ2n) is 9.71. The van der Waals surface area contributed by atoms with Gasteiger partial charge in [-0.25, -0.2) is 4.99 Å². The maximum Gasteiger partial charge on any atom is 0.271 e. The van der Waals surface area contributed by atoms with E-state index >= 15 is 0 Å². The maximum absolute atomic E-state index is 14.0. The Morgan fingerprint density at radius 1 is 0.974 bits per heavy atom. The van der Waals surface area contributed by atoms with Crippen LogP contribution in [0.3, 0.4) is 0 Å². The Morgan fingerprint density at radius 2 is 1.74 bits per heavy atom. The fraction of sp³-hybridized carbons (Fsp3) is 0.226. The highest BCUT2D eigenvalue weighted by Crippen LogP contribution is 2.42. The van der Waals surface area contributed by atoms with E-state index in [-0.39, 0.29) is 11.6 Å². The minimum Gasteiger partial charge on any atom is -0.493 e. The van der Waals surface area contributed by atoms with Gasteiger partial charge in [0.2, 0.25) is 0 Å². The molecule has 0 amide bonds. The van der Waals surface area contributed by atoms with Crippen LogP contribution in [0.4, 0.5) is 5.69 Å². The Morgan fingerprint density at radius 3 is 2.47 bits per heavy atom. The molecule has 0 radical (unpaired) electrons. The standard InChI is InChI=1S/C31H29N3O3S/c1-33(2)22-13-9-19(10-14-22)17-27-30(35)34-29(21-12-16-25(36-3)26(18-21)37-4)24-15-11-20-7-5-6-8-23(20)28(24)32-31(34)38-27/h5-10,12-14,16-18,29H,11,15H2,1-4H3/b27-17+/t29-/m1/s1. The average molecular weight is 524 g/mol. The molecular weight excluding hydrogens is 494 g/mol.